The molecule has 0 saturated heterocycles. The first-order chi connectivity index (χ1) is 12.0. The van der Waals surface area contributed by atoms with Crippen molar-refractivity contribution in [1.29, 1.82) is 0 Å². The van der Waals surface area contributed by atoms with Gasteiger partial charge < -0.3 is 15.0 Å². The molecule has 0 spiro atoms. The van der Waals surface area contributed by atoms with E-state index in [4.69, 9.17) is 4.74 Å². The zero-order chi connectivity index (χ0) is 18.2. The fraction of sp³-hybridized carbons (Fsp3) is 0.381. The lowest BCUT2D eigenvalue weighted by molar-refractivity contribution is -0.123. The minimum Gasteiger partial charge on any atom is -0.484 e. The highest BCUT2D eigenvalue weighted by Crippen LogP contribution is 2.16. The van der Waals surface area contributed by atoms with Crippen molar-refractivity contribution >= 4 is 11.6 Å². The van der Waals surface area contributed by atoms with E-state index < -0.39 is 0 Å². The van der Waals surface area contributed by atoms with Crippen molar-refractivity contribution in [1.82, 2.24) is 5.32 Å². The first-order valence-corrected chi connectivity index (χ1v) is 8.83. The molecular formula is C21H28N2O2. The van der Waals surface area contributed by atoms with Crippen LogP contribution in [-0.4, -0.2) is 25.6 Å². The number of carbonyl (C=O) groups excluding carboxylic acids is 1. The van der Waals surface area contributed by atoms with Crippen molar-refractivity contribution < 1.29 is 9.53 Å². The number of ether oxygens (including phenoxy) is 1. The lowest BCUT2D eigenvalue weighted by atomic mass is 10.1. The summed E-state index contributed by atoms with van der Waals surface area (Å²) in [6.07, 6.45) is 0. The van der Waals surface area contributed by atoms with Crippen molar-refractivity contribution in [2.75, 3.05) is 24.6 Å². The van der Waals surface area contributed by atoms with E-state index in [9.17, 15) is 4.79 Å². The average Bonchev–Trinajstić information content (AvgIpc) is 2.59. The maximum atomic E-state index is 12.0. The summed E-state index contributed by atoms with van der Waals surface area (Å²) in [4.78, 5) is 14.3. The van der Waals surface area contributed by atoms with Crippen LogP contribution in [0.5, 0.6) is 5.75 Å². The van der Waals surface area contributed by atoms with E-state index in [2.05, 4.69) is 54.4 Å². The van der Waals surface area contributed by atoms with Gasteiger partial charge in [-0.2, -0.15) is 0 Å². The standard InChI is InChI=1S/C21H28N2O2/c1-5-23(6-2)19-9-7-18(8-10-19)14-22-21(24)15-25-20-12-16(3)11-17(4)13-20/h7-13H,5-6,14-15H2,1-4H3,(H,22,24). The molecule has 134 valence electrons. The Labute approximate surface area is 150 Å². The van der Waals surface area contributed by atoms with Gasteiger partial charge in [-0.3, -0.25) is 4.79 Å². The van der Waals surface area contributed by atoms with Crippen LogP contribution >= 0.6 is 0 Å². The number of hydrogen-bond donors (Lipinski definition) is 1. The van der Waals surface area contributed by atoms with Gasteiger partial charge >= 0.3 is 0 Å². The number of hydrogen-bond acceptors (Lipinski definition) is 3. The fourth-order valence-corrected chi connectivity index (χ4v) is 2.83. The Morgan fingerprint density at radius 3 is 2.16 bits per heavy atom. The molecule has 0 aliphatic rings. The zero-order valence-electron chi connectivity index (χ0n) is 15.6. The highest BCUT2D eigenvalue weighted by Gasteiger charge is 2.05. The average molecular weight is 340 g/mol. The molecule has 2 aromatic rings. The first-order valence-electron chi connectivity index (χ1n) is 8.83. The predicted octanol–water partition coefficient (Wildman–Crippen LogP) is 3.84. The highest BCUT2D eigenvalue weighted by atomic mass is 16.5. The van der Waals surface area contributed by atoms with Gasteiger partial charge in [0.2, 0.25) is 0 Å². The van der Waals surface area contributed by atoms with Crippen molar-refractivity contribution in [3.8, 4) is 5.75 Å². The van der Waals surface area contributed by atoms with Crippen LogP contribution in [0.4, 0.5) is 5.69 Å². The van der Waals surface area contributed by atoms with Crippen LogP contribution in [0.3, 0.4) is 0 Å². The molecule has 2 rings (SSSR count). The van der Waals surface area contributed by atoms with Gasteiger partial charge in [-0.1, -0.05) is 18.2 Å². The van der Waals surface area contributed by atoms with Crippen LogP contribution < -0.4 is 15.0 Å². The second-order valence-electron chi connectivity index (χ2n) is 6.23. The summed E-state index contributed by atoms with van der Waals surface area (Å²) < 4.78 is 5.58. The minimum atomic E-state index is -0.119. The number of carbonyl (C=O) groups is 1. The Kier molecular flexibility index (Phi) is 6.87. The lowest BCUT2D eigenvalue weighted by Crippen LogP contribution is -2.28. The molecule has 0 aromatic heterocycles. The third-order valence-electron chi connectivity index (χ3n) is 4.12. The molecule has 0 bridgehead atoms. The minimum absolute atomic E-state index is 0.0282. The van der Waals surface area contributed by atoms with E-state index in [1.54, 1.807) is 0 Å². The third kappa shape index (κ3) is 5.82. The van der Waals surface area contributed by atoms with Crippen LogP contribution in [-0.2, 0) is 11.3 Å². The van der Waals surface area contributed by atoms with Gasteiger partial charge in [-0.15, -0.1) is 0 Å². The Morgan fingerprint density at radius 2 is 1.60 bits per heavy atom. The van der Waals surface area contributed by atoms with Crippen molar-refractivity contribution in [2.45, 2.75) is 34.2 Å². The molecule has 2 aromatic carbocycles. The van der Waals surface area contributed by atoms with Crippen molar-refractivity contribution in [3.63, 3.8) is 0 Å². The largest absolute Gasteiger partial charge is 0.484 e. The quantitative estimate of drug-likeness (QED) is 0.794. The second-order valence-corrected chi connectivity index (χ2v) is 6.23. The molecule has 4 nitrogen and oxygen atoms in total. The Morgan fingerprint density at radius 1 is 1.00 bits per heavy atom. The predicted molar refractivity (Wildman–Crippen MR) is 103 cm³/mol. The molecule has 0 aliphatic heterocycles. The SMILES string of the molecule is CCN(CC)c1ccc(CNC(=O)COc2cc(C)cc(C)c2)cc1. The van der Waals surface area contributed by atoms with E-state index in [-0.39, 0.29) is 12.5 Å². The Hall–Kier alpha value is -2.49. The third-order valence-corrected chi connectivity index (χ3v) is 4.12. The van der Waals surface area contributed by atoms with Crippen LogP contribution in [0.1, 0.15) is 30.5 Å². The number of benzene rings is 2. The lowest BCUT2D eigenvalue weighted by Gasteiger charge is -2.21. The molecule has 0 saturated carbocycles. The molecule has 4 heteroatoms. The number of anilines is 1. The van der Waals surface area contributed by atoms with E-state index in [0.29, 0.717) is 6.54 Å². The Balaban J connectivity index is 1.81. The molecule has 0 atom stereocenters. The van der Waals surface area contributed by atoms with Crippen LogP contribution in [0.2, 0.25) is 0 Å². The van der Waals surface area contributed by atoms with Gasteiger partial charge in [0.15, 0.2) is 6.61 Å². The molecule has 1 N–H and O–H groups in total. The monoisotopic (exact) mass is 340 g/mol. The molecule has 25 heavy (non-hydrogen) atoms. The number of amides is 1. The Bertz CT molecular complexity index is 671. The molecule has 0 radical (unpaired) electrons. The molecule has 0 aliphatic carbocycles. The van der Waals surface area contributed by atoms with Crippen molar-refractivity contribution in [2.24, 2.45) is 0 Å². The van der Waals surface area contributed by atoms with Crippen molar-refractivity contribution in [3.05, 3.63) is 59.2 Å². The number of nitrogens with one attached hydrogen (secondary N) is 1. The summed E-state index contributed by atoms with van der Waals surface area (Å²) in [6, 6.07) is 14.3. The number of aryl methyl sites for hydroxylation is 2. The topological polar surface area (TPSA) is 41.6 Å². The summed E-state index contributed by atoms with van der Waals surface area (Å²) in [5.74, 6) is 0.614. The summed E-state index contributed by atoms with van der Waals surface area (Å²) in [5.41, 5.74) is 4.54. The summed E-state index contributed by atoms with van der Waals surface area (Å²) in [6.45, 7) is 10.8. The summed E-state index contributed by atoms with van der Waals surface area (Å²) in [7, 11) is 0. The second kappa shape index (κ2) is 9.11. The maximum absolute atomic E-state index is 12.0. The normalized spacial score (nSPS) is 10.4. The molecule has 0 heterocycles. The van der Waals surface area contributed by atoms with Crippen LogP contribution in [0.15, 0.2) is 42.5 Å². The van der Waals surface area contributed by atoms with Crippen LogP contribution in [0.25, 0.3) is 0 Å². The van der Waals surface area contributed by atoms with E-state index in [1.807, 2.05) is 26.0 Å². The molecule has 0 fully saturated rings. The van der Waals surface area contributed by atoms with Gasteiger partial charge in [0.1, 0.15) is 5.75 Å². The summed E-state index contributed by atoms with van der Waals surface area (Å²) >= 11 is 0. The maximum Gasteiger partial charge on any atom is 0.258 e. The van der Waals surface area contributed by atoms with Gasteiger partial charge in [-0.05, 0) is 68.7 Å². The van der Waals surface area contributed by atoms with E-state index in [1.165, 1.54) is 5.69 Å². The highest BCUT2D eigenvalue weighted by molar-refractivity contribution is 5.77. The molecular weight excluding hydrogens is 312 g/mol. The van der Waals surface area contributed by atoms with E-state index >= 15 is 0 Å². The number of rotatable bonds is 8. The number of nitrogens with zero attached hydrogens (tertiary/aromatic N) is 1. The van der Waals surface area contributed by atoms with Gasteiger partial charge in [0, 0.05) is 25.3 Å². The smallest absolute Gasteiger partial charge is 0.258 e. The van der Waals surface area contributed by atoms with Gasteiger partial charge in [0.05, 0.1) is 0 Å². The fourth-order valence-electron chi connectivity index (χ4n) is 2.83. The first kappa shape index (κ1) is 18.8. The van der Waals surface area contributed by atoms with Gasteiger partial charge in [-0.25, -0.2) is 0 Å². The van der Waals surface area contributed by atoms with E-state index in [0.717, 1.165) is 35.5 Å². The molecule has 1 amide bonds. The van der Waals surface area contributed by atoms with Crippen LogP contribution in [0, 0.1) is 13.8 Å². The molecule has 0 unspecified atom stereocenters. The zero-order valence-corrected chi connectivity index (χ0v) is 15.6. The summed E-state index contributed by atoms with van der Waals surface area (Å²) in [5, 5.41) is 2.90. The van der Waals surface area contributed by atoms with Gasteiger partial charge in [0.25, 0.3) is 5.91 Å².